The van der Waals surface area contributed by atoms with Crippen molar-refractivity contribution < 1.29 is 27.5 Å². The molecule has 2 atom stereocenters. The van der Waals surface area contributed by atoms with Crippen LogP contribution in [0.25, 0.3) is 33.8 Å². The average Bonchev–Trinajstić information content (AvgIpc) is 3.74. The third-order valence-electron chi connectivity index (χ3n) is 12.9. The zero-order chi connectivity index (χ0) is 40.9. The van der Waals surface area contributed by atoms with Crippen molar-refractivity contribution in [2.45, 2.75) is 103 Å². The van der Waals surface area contributed by atoms with Gasteiger partial charge in [-0.3, -0.25) is 19.2 Å². The summed E-state index contributed by atoms with van der Waals surface area (Å²) in [7, 11) is -0.0379. The highest BCUT2D eigenvalue weighted by Crippen LogP contribution is 2.48. The molecule has 1 aliphatic carbocycles. The van der Waals surface area contributed by atoms with E-state index in [0.717, 1.165) is 83.3 Å². The predicted octanol–water partition coefficient (Wildman–Crippen LogP) is 7.35. The maximum absolute atomic E-state index is 14.8. The smallest absolute Gasteiger partial charge is 0.264 e. The minimum absolute atomic E-state index is 0.0295. The van der Waals surface area contributed by atoms with Crippen LogP contribution in [0.2, 0.25) is 0 Å². The highest BCUT2D eigenvalue weighted by molar-refractivity contribution is 7.90. The van der Waals surface area contributed by atoms with Crippen LogP contribution in [0.4, 0.5) is 0 Å². The van der Waals surface area contributed by atoms with Crippen molar-refractivity contribution in [3.8, 4) is 17.0 Å². The maximum atomic E-state index is 14.8. The number of rotatable bonds is 9. The van der Waals surface area contributed by atoms with Crippen LogP contribution in [-0.4, -0.2) is 103 Å². The SMILES string of the molecule is COc1ccc2c(c1)C=C(c1c(C(=O)N3CC(C)N(C)C(C)C3)cnn1C1CCOCC1)Cn1c-2c(C2CCCCC2)c2ccc(C(=O)NS(=O)(=O)CC(C)C)cc21. The van der Waals surface area contributed by atoms with Crippen LogP contribution in [0, 0.1) is 5.92 Å². The van der Waals surface area contributed by atoms with Gasteiger partial charge in [0.25, 0.3) is 11.8 Å². The number of likely N-dealkylation sites (N-methyl/N-ethyl adjacent to an activating group) is 1. The third kappa shape index (κ3) is 7.73. The van der Waals surface area contributed by atoms with E-state index in [0.29, 0.717) is 44.3 Å². The molecule has 5 heterocycles. The summed E-state index contributed by atoms with van der Waals surface area (Å²) in [6.07, 6.45) is 11.1. The van der Waals surface area contributed by atoms with Crippen LogP contribution in [0.5, 0.6) is 5.75 Å². The number of carbonyl (C=O) groups excluding carboxylic acids is 2. The molecule has 13 heteroatoms. The number of benzene rings is 2. The van der Waals surface area contributed by atoms with Crippen LogP contribution in [0.3, 0.4) is 0 Å². The number of allylic oxidation sites excluding steroid dienone is 1. The van der Waals surface area contributed by atoms with Crippen molar-refractivity contribution in [3.05, 3.63) is 70.5 Å². The van der Waals surface area contributed by atoms with Crippen LogP contribution < -0.4 is 9.46 Å². The third-order valence-corrected chi connectivity index (χ3v) is 14.5. The molecule has 58 heavy (non-hydrogen) atoms. The molecule has 4 aromatic rings. The van der Waals surface area contributed by atoms with Crippen molar-refractivity contribution in [2.24, 2.45) is 5.92 Å². The fourth-order valence-electron chi connectivity index (χ4n) is 9.79. The lowest BCUT2D eigenvalue weighted by molar-refractivity contribution is 0.0413. The highest BCUT2D eigenvalue weighted by atomic mass is 32.2. The van der Waals surface area contributed by atoms with Crippen LogP contribution in [-0.2, 0) is 21.3 Å². The van der Waals surface area contributed by atoms with Crippen molar-refractivity contribution in [1.29, 1.82) is 0 Å². The van der Waals surface area contributed by atoms with E-state index in [1.54, 1.807) is 19.4 Å². The summed E-state index contributed by atoms with van der Waals surface area (Å²) in [5, 5.41) is 6.07. The molecule has 8 rings (SSSR count). The lowest BCUT2D eigenvalue weighted by Crippen LogP contribution is -2.56. The Bertz CT molecular complexity index is 2340. The molecular weight excluding hydrogens is 753 g/mol. The fraction of sp³-hybridized carbons (Fsp3) is 0.533. The van der Waals surface area contributed by atoms with Gasteiger partial charge >= 0.3 is 0 Å². The quantitative estimate of drug-likeness (QED) is 0.186. The highest BCUT2D eigenvalue weighted by Gasteiger charge is 2.36. The number of sulfonamides is 1. The van der Waals surface area contributed by atoms with Gasteiger partial charge in [-0.1, -0.05) is 39.2 Å². The minimum atomic E-state index is -3.83. The Hall–Kier alpha value is -4.46. The monoisotopic (exact) mass is 810 g/mol. The van der Waals surface area contributed by atoms with Crippen molar-refractivity contribution in [3.63, 3.8) is 0 Å². The molecule has 0 bridgehead atoms. The molecule has 2 amide bonds. The lowest BCUT2D eigenvalue weighted by atomic mass is 9.81. The number of methoxy groups -OCH3 is 1. The summed E-state index contributed by atoms with van der Waals surface area (Å²) in [6.45, 7) is 10.8. The standard InChI is InChI=1S/C45H58N6O6S/c1-28(2)27-58(54,55)47-44(52)32-12-14-38-40(22-32)50-26-34(20-33-21-36(56-6)13-15-37(33)43(50)41(38)31-10-8-7-9-11-31)42-39(23-46-51(42)35-16-18-57-19-17-35)45(53)49-24-29(3)48(5)30(4)25-49/h12-15,20-23,28-31,35H,7-11,16-19,24-27H2,1-6H3,(H,47,52). The molecule has 0 radical (unpaired) electrons. The number of ether oxygens (including phenoxy) is 2. The van der Waals surface area contributed by atoms with Gasteiger partial charge in [0.15, 0.2) is 0 Å². The molecule has 2 saturated heterocycles. The molecule has 12 nitrogen and oxygen atoms in total. The Kier molecular flexibility index (Phi) is 11.3. The minimum Gasteiger partial charge on any atom is -0.497 e. The predicted molar refractivity (Wildman–Crippen MR) is 228 cm³/mol. The molecule has 1 saturated carbocycles. The molecule has 3 aliphatic heterocycles. The molecule has 2 aromatic carbocycles. The maximum Gasteiger partial charge on any atom is 0.264 e. The first-order valence-electron chi connectivity index (χ1n) is 21.1. The number of fused-ring (bicyclic) bond motifs is 5. The van der Waals surface area contributed by atoms with E-state index >= 15 is 0 Å². The van der Waals surface area contributed by atoms with E-state index in [1.807, 2.05) is 36.9 Å². The number of piperazine rings is 1. The Morgan fingerprint density at radius 1 is 0.966 bits per heavy atom. The van der Waals surface area contributed by atoms with E-state index in [9.17, 15) is 18.0 Å². The summed E-state index contributed by atoms with van der Waals surface area (Å²) >= 11 is 0. The number of hydrogen-bond donors (Lipinski definition) is 1. The second-order valence-electron chi connectivity index (χ2n) is 17.4. The van der Waals surface area contributed by atoms with Gasteiger partial charge in [-0.25, -0.2) is 13.1 Å². The van der Waals surface area contributed by atoms with Gasteiger partial charge in [-0.2, -0.15) is 5.10 Å². The van der Waals surface area contributed by atoms with E-state index in [4.69, 9.17) is 14.6 Å². The van der Waals surface area contributed by atoms with Crippen molar-refractivity contribution >= 4 is 44.4 Å². The Morgan fingerprint density at radius 2 is 1.69 bits per heavy atom. The van der Waals surface area contributed by atoms with E-state index in [1.165, 1.54) is 12.0 Å². The van der Waals surface area contributed by atoms with E-state index in [2.05, 4.69) is 58.0 Å². The summed E-state index contributed by atoms with van der Waals surface area (Å²) in [5.41, 5.74) is 7.80. The molecule has 2 unspecified atom stereocenters. The number of nitrogens with one attached hydrogen (secondary N) is 1. The summed E-state index contributed by atoms with van der Waals surface area (Å²) in [4.78, 5) is 32.9. The zero-order valence-corrected chi connectivity index (χ0v) is 35.6. The molecule has 3 fully saturated rings. The van der Waals surface area contributed by atoms with Crippen molar-refractivity contribution in [1.82, 2.24) is 28.9 Å². The van der Waals surface area contributed by atoms with Gasteiger partial charge in [0.1, 0.15) is 5.75 Å². The van der Waals surface area contributed by atoms with Gasteiger partial charge < -0.3 is 18.9 Å². The summed E-state index contributed by atoms with van der Waals surface area (Å²) in [5.74, 6) is 0.0856. The van der Waals surface area contributed by atoms with E-state index in [-0.39, 0.29) is 41.3 Å². The average molecular weight is 811 g/mol. The summed E-state index contributed by atoms with van der Waals surface area (Å²) in [6, 6.07) is 12.3. The zero-order valence-electron chi connectivity index (χ0n) is 34.8. The van der Waals surface area contributed by atoms with Gasteiger partial charge in [0.2, 0.25) is 10.0 Å². The fourth-order valence-corrected chi connectivity index (χ4v) is 11.2. The number of nitrogens with zero attached hydrogens (tertiary/aromatic N) is 5. The largest absolute Gasteiger partial charge is 0.497 e. The summed E-state index contributed by atoms with van der Waals surface area (Å²) < 4.78 is 44.2. The second kappa shape index (κ2) is 16.3. The van der Waals surface area contributed by atoms with Crippen LogP contribution in [0.1, 0.15) is 122 Å². The van der Waals surface area contributed by atoms with Gasteiger partial charge in [0.05, 0.1) is 48.6 Å². The number of aromatic nitrogens is 3. The first-order chi connectivity index (χ1) is 27.8. The Morgan fingerprint density at radius 3 is 2.38 bits per heavy atom. The van der Waals surface area contributed by atoms with Gasteiger partial charge in [-0.15, -0.1) is 0 Å². The van der Waals surface area contributed by atoms with E-state index < -0.39 is 15.9 Å². The first-order valence-corrected chi connectivity index (χ1v) is 22.8. The molecule has 0 spiro atoms. The Balaban J connectivity index is 1.34. The molecule has 1 N–H and O–H groups in total. The topological polar surface area (TPSA) is 128 Å². The molecule has 2 aromatic heterocycles. The normalized spacial score (nSPS) is 21.1. The number of carbonyl (C=O) groups is 2. The molecule has 310 valence electrons. The van der Waals surface area contributed by atoms with Crippen LogP contribution in [0.15, 0.2) is 42.6 Å². The van der Waals surface area contributed by atoms with Gasteiger partial charge in [-0.05, 0) is 112 Å². The van der Waals surface area contributed by atoms with Crippen LogP contribution >= 0.6 is 0 Å². The Labute approximate surface area is 342 Å². The molecular formula is C45H58N6O6S. The van der Waals surface area contributed by atoms with Gasteiger partial charge in [0, 0.05) is 60.4 Å². The molecule has 4 aliphatic rings. The lowest BCUT2D eigenvalue weighted by Gasteiger charge is -2.42. The number of amides is 2. The number of hydrogen-bond acceptors (Lipinski definition) is 8. The van der Waals surface area contributed by atoms with Crippen molar-refractivity contribution in [2.75, 3.05) is 46.2 Å². The first kappa shape index (κ1) is 40.3. The second-order valence-corrected chi connectivity index (χ2v) is 19.2.